The molecule has 0 bridgehead atoms. The van der Waals surface area contributed by atoms with Crippen LogP contribution >= 0.6 is 0 Å². The number of hydrogen-bond donors (Lipinski definition) is 1. The lowest BCUT2D eigenvalue weighted by Crippen LogP contribution is -2.33. The highest BCUT2D eigenvalue weighted by atomic mass is 16.2. The molecule has 102 valence electrons. The van der Waals surface area contributed by atoms with Gasteiger partial charge in [0.2, 0.25) is 0 Å². The summed E-state index contributed by atoms with van der Waals surface area (Å²) in [5.41, 5.74) is 1.95. The van der Waals surface area contributed by atoms with Crippen molar-refractivity contribution in [3.05, 3.63) is 35.4 Å². The van der Waals surface area contributed by atoms with Crippen LogP contribution < -0.4 is 5.32 Å². The fourth-order valence-corrected chi connectivity index (χ4v) is 3.40. The zero-order chi connectivity index (χ0) is 13.2. The molecule has 19 heavy (non-hydrogen) atoms. The molecule has 2 aliphatic rings. The summed E-state index contributed by atoms with van der Waals surface area (Å²) < 4.78 is 0. The predicted octanol–water partition coefficient (Wildman–Crippen LogP) is 2.07. The Morgan fingerprint density at radius 2 is 1.79 bits per heavy atom. The van der Waals surface area contributed by atoms with Crippen LogP contribution in [0.1, 0.15) is 28.8 Å². The lowest BCUT2D eigenvalue weighted by molar-refractivity contribution is 0.0758. The number of carbonyl (C=O) groups excluding carboxylic acids is 1. The normalized spacial score (nSPS) is 26.9. The number of likely N-dealkylation sites (tertiary alicyclic amines) is 1. The third-order valence-corrected chi connectivity index (χ3v) is 4.68. The summed E-state index contributed by atoms with van der Waals surface area (Å²) in [6, 6.07) is 7.91. The van der Waals surface area contributed by atoms with Crippen LogP contribution in [0.5, 0.6) is 0 Å². The number of amides is 1. The molecule has 0 radical (unpaired) electrons. The maximum absolute atomic E-state index is 12.6. The summed E-state index contributed by atoms with van der Waals surface area (Å²) in [4.78, 5) is 14.7. The van der Waals surface area contributed by atoms with Crippen LogP contribution in [0, 0.1) is 18.8 Å². The van der Waals surface area contributed by atoms with Crippen molar-refractivity contribution in [2.45, 2.75) is 19.8 Å². The summed E-state index contributed by atoms with van der Waals surface area (Å²) in [7, 11) is 0. The first kappa shape index (κ1) is 12.7. The van der Waals surface area contributed by atoms with E-state index in [0.29, 0.717) is 0 Å². The summed E-state index contributed by atoms with van der Waals surface area (Å²) in [6.07, 6.45) is 2.30. The molecule has 2 heterocycles. The summed E-state index contributed by atoms with van der Waals surface area (Å²) in [6.45, 7) is 6.11. The standard InChI is InChI=1S/C16H22N2O/c1-12-4-2-3-5-15(12)16(19)18-8-6-13-10-17-11-14(13)7-9-18/h2-5,13-14,17H,6-11H2,1H3/t13-,14+. The van der Waals surface area contributed by atoms with Gasteiger partial charge in [-0.15, -0.1) is 0 Å². The van der Waals surface area contributed by atoms with E-state index in [1.807, 2.05) is 31.2 Å². The molecule has 0 unspecified atom stereocenters. The van der Waals surface area contributed by atoms with E-state index < -0.39 is 0 Å². The van der Waals surface area contributed by atoms with Gasteiger partial charge in [0.1, 0.15) is 0 Å². The van der Waals surface area contributed by atoms with Gasteiger partial charge < -0.3 is 10.2 Å². The minimum atomic E-state index is 0.214. The molecule has 1 amide bonds. The second-order valence-corrected chi connectivity index (χ2v) is 5.86. The average Bonchev–Trinajstić information content (AvgIpc) is 2.78. The minimum Gasteiger partial charge on any atom is -0.339 e. The molecule has 0 aliphatic carbocycles. The Labute approximate surface area is 115 Å². The van der Waals surface area contributed by atoms with Crippen molar-refractivity contribution in [1.82, 2.24) is 10.2 Å². The number of benzene rings is 1. The van der Waals surface area contributed by atoms with E-state index in [2.05, 4.69) is 10.2 Å². The number of hydrogen-bond acceptors (Lipinski definition) is 2. The van der Waals surface area contributed by atoms with Gasteiger partial charge in [-0.2, -0.15) is 0 Å². The van der Waals surface area contributed by atoms with E-state index in [1.54, 1.807) is 0 Å². The van der Waals surface area contributed by atoms with Crippen LogP contribution in [0.25, 0.3) is 0 Å². The van der Waals surface area contributed by atoms with E-state index >= 15 is 0 Å². The van der Waals surface area contributed by atoms with E-state index in [1.165, 1.54) is 0 Å². The molecular weight excluding hydrogens is 236 g/mol. The molecule has 3 heteroatoms. The molecule has 1 aromatic carbocycles. The lowest BCUT2D eigenvalue weighted by atomic mass is 9.92. The number of carbonyl (C=O) groups is 1. The van der Waals surface area contributed by atoms with Gasteiger partial charge in [-0.1, -0.05) is 18.2 Å². The molecule has 0 saturated carbocycles. The van der Waals surface area contributed by atoms with E-state index in [0.717, 1.165) is 62.0 Å². The molecule has 2 saturated heterocycles. The van der Waals surface area contributed by atoms with Crippen LogP contribution in [-0.4, -0.2) is 37.0 Å². The van der Waals surface area contributed by atoms with Crippen LogP contribution in [0.15, 0.2) is 24.3 Å². The second-order valence-electron chi connectivity index (χ2n) is 5.86. The number of aryl methyl sites for hydroxylation is 1. The molecule has 2 fully saturated rings. The number of rotatable bonds is 1. The Kier molecular flexibility index (Phi) is 3.56. The molecular formula is C16H22N2O. The van der Waals surface area contributed by atoms with Gasteiger partial charge in [0, 0.05) is 18.7 Å². The fraction of sp³-hybridized carbons (Fsp3) is 0.562. The fourth-order valence-electron chi connectivity index (χ4n) is 3.40. The third-order valence-electron chi connectivity index (χ3n) is 4.68. The molecule has 2 aliphatic heterocycles. The molecule has 0 spiro atoms. The Morgan fingerprint density at radius 3 is 2.42 bits per heavy atom. The van der Waals surface area contributed by atoms with Crippen molar-refractivity contribution in [2.75, 3.05) is 26.2 Å². The maximum atomic E-state index is 12.6. The van der Waals surface area contributed by atoms with Crippen molar-refractivity contribution < 1.29 is 4.79 Å². The van der Waals surface area contributed by atoms with Gasteiger partial charge in [0.25, 0.3) is 5.91 Å². The largest absolute Gasteiger partial charge is 0.339 e. The van der Waals surface area contributed by atoms with Crippen molar-refractivity contribution >= 4 is 5.91 Å². The Bertz CT molecular complexity index is 458. The summed E-state index contributed by atoms with van der Waals surface area (Å²) in [5, 5.41) is 3.47. The zero-order valence-electron chi connectivity index (χ0n) is 11.6. The Morgan fingerprint density at radius 1 is 1.16 bits per heavy atom. The maximum Gasteiger partial charge on any atom is 0.254 e. The molecule has 1 N–H and O–H groups in total. The molecule has 3 rings (SSSR count). The first-order valence-corrected chi connectivity index (χ1v) is 7.31. The van der Waals surface area contributed by atoms with Gasteiger partial charge in [-0.05, 0) is 56.3 Å². The smallest absolute Gasteiger partial charge is 0.254 e. The first-order chi connectivity index (χ1) is 9.25. The topological polar surface area (TPSA) is 32.3 Å². The van der Waals surface area contributed by atoms with Crippen LogP contribution in [-0.2, 0) is 0 Å². The Balaban J connectivity index is 1.72. The summed E-state index contributed by atoms with van der Waals surface area (Å²) in [5.74, 6) is 1.76. The average molecular weight is 258 g/mol. The van der Waals surface area contributed by atoms with Crippen LogP contribution in [0.4, 0.5) is 0 Å². The second kappa shape index (κ2) is 5.33. The number of fused-ring (bicyclic) bond motifs is 1. The predicted molar refractivity (Wildman–Crippen MR) is 76.2 cm³/mol. The highest BCUT2D eigenvalue weighted by molar-refractivity contribution is 5.95. The molecule has 1 aromatic rings. The molecule has 2 atom stereocenters. The van der Waals surface area contributed by atoms with Gasteiger partial charge in [-0.3, -0.25) is 4.79 Å². The van der Waals surface area contributed by atoms with Gasteiger partial charge in [0.05, 0.1) is 0 Å². The van der Waals surface area contributed by atoms with E-state index in [-0.39, 0.29) is 5.91 Å². The highest BCUT2D eigenvalue weighted by Crippen LogP contribution is 2.27. The van der Waals surface area contributed by atoms with Crippen molar-refractivity contribution in [1.29, 1.82) is 0 Å². The van der Waals surface area contributed by atoms with Gasteiger partial charge in [0.15, 0.2) is 0 Å². The number of nitrogens with zero attached hydrogens (tertiary/aromatic N) is 1. The molecule has 3 nitrogen and oxygen atoms in total. The molecule has 0 aromatic heterocycles. The first-order valence-electron chi connectivity index (χ1n) is 7.31. The quantitative estimate of drug-likeness (QED) is 0.836. The van der Waals surface area contributed by atoms with E-state index in [9.17, 15) is 4.79 Å². The minimum absolute atomic E-state index is 0.214. The number of nitrogens with one attached hydrogen (secondary N) is 1. The van der Waals surface area contributed by atoms with Gasteiger partial charge in [-0.25, -0.2) is 0 Å². The summed E-state index contributed by atoms with van der Waals surface area (Å²) >= 11 is 0. The van der Waals surface area contributed by atoms with E-state index in [4.69, 9.17) is 0 Å². The van der Waals surface area contributed by atoms with Crippen molar-refractivity contribution in [3.8, 4) is 0 Å². The highest BCUT2D eigenvalue weighted by Gasteiger charge is 2.31. The SMILES string of the molecule is Cc1ccccc1C(=O)N1CC[C@@H]2CNC[C@@H]2CC1. The lowest BCUT2D eigenvalue weighted by Gasteiger charge is -2.21. The Hall–Kier alpha value is -1.35. The van der Waals surface area contributed by atoms with Crippen LogP contribution in [0.2, 0.25) is 0 Å². The van der Waals surface area contributed by atoms with Crippen molar-refractivity contribution in [3.63, 3.8) is 0 Å². The van der Waals surface area contributed by atoms with Gasteiger partial charge >= 0.3 is 0 Å². The zero-order valence-corrected chi connectivity index (χ0v) is 11.6. The van der Waals surface area contributed by atoms with Crippen molar-refractivity contribution in [2.24, 2.45) is 11.8 Å². The van der Waals surface area contributed by atoms with Crippen LogP contribution in [0.3, 0.4) is 0 Å². The third kappa shape index (κ3) is 2.52. The monoisotopic (exact) mass is 258 g/mol.